The highest BCUT2D eigenvalue weighted by Crippen LogP contribution is 2.19. The predicted octanol–water partition coefficient (Wildman–Crippen LogP) is 2.72. The van der Waals surface area contributed by atoms with Crippen molar-refractivity contribution in [1.29, 1.82) is 0 Å². The lowest BCUT2D eigenvalue weighted by Crippen LogP contribution is -2.36. The summed E-state index contributed by atoms with van der Waals surface area (Å²) in [6, 6.07) is 15.2. The highest BCUT2D eigenvalue weighted by Gasteiger charge is 2.23. The second-order valence-electron chi connectivity index (χ2n) is 6.40. The van der Waals surface area contributed by atoms with E-state index < -0.39 is 6.04 Å². The average molecular weight is 368 g/mol. The van der Waals surface area contributed by atoms with Crippen molar-refractivity contribution in [3.8, 4) is 0 Å². The number of aromatic nitrogens is 2. The fourth-order valence-corrected chi connectivity index (χ4v) is 2.80. The molecule has 0 aliphatic carbocycles. The summed E-state index contributed by atoms with van der Waals surface area (Å²) in [7, 11) is 3.58. The smallest absolute Gasteiger partial charge is 0.242 e. The van der Waals surface area contributed by atoms with Gasteiger partial charge in [0.2, 0.25) is 11.8 Å². The standard InChI is InChI=1S/C20H21FN4O2/c1-25(2)19(15-8-10-16(21)11-9-15)20(26)22-13-17-23-18(27-24-17)12-14-6-4-3-5-7-14/h3-11,19H,12-13H2,1-2H3,(H,22,26)/t19-/m1/s1. The van der Waals surface area contributed by atoms with Gasteiger partial charge < -0.3 is 9.84 Å². The average Bonchev–Trinajstić information content (AvgIpc) is 3.10. The van der Waals surface area contributed by atoms with Gasteiger partial charge in [-0.25, -0.2) is 4.39 Å². The Morgan fingerprint density at radius 3 is 2.52 bits per heavy atom. The van der Waals surface area contributed by atoms with Crippen LogP contribution in [0, 0.1) is 5.82 Å². The fraction of sp³-hybridized carbons (Fsp3) is 0.250. The maximum atomic E-state index is 13.1. The number of rotatable bonds is 7. The van der Waals surface area contributed by atoms with Crippen molar-refractivity contribution >= 4 is 5.91 Å². The van der Waals surface area contributed by atoms with E-state index in [0.717, 1.165) is 5.56 Å². The molecule has 1 N–H and O–H groups in total. The minimum absolute atomic E-state index is 0.155. The molecule has 0 aliphatic heterocycles. The highest BCUT2D eigenvalue weighted by atomic mass is 19.1. The van der Waals surface area contributed by atoms with Crippen LogP contribution in [0.5, 0.6) is 0 Å². The summed E-state index contributed by atoms with van der Waals surface area (Å²) >= 11 is 0. The first-order chi connectivity index (χ1) is 13.0. The number of hydrogen-bond acceptors (Lipinski definition) is 5. The summed E-state index contributed by atoms with van der Waals surface area (Å²) in [5.41, 5.74) is 1.78. The van der Waals surface area contributed by atoms with Crippen molar-refractivity contribution in [2.24, 2.45) is 0 Å². The van der Waals surface area contributed by atoms with Crippen LogP contribution in [0.25, 0.3) is 0 Å². The van der Waals surface area contributed by atoms with E-state index in [9.17, 15) is 9.18 Å². The van der Waals surface area contributed by atoms with Gasteiger partial charge in [0.15, 0.2) is 5.82 Å². The summed E-state index contributed by atoms with van der Waals surface area (Å²) in [5, 5.41) is 6.72. The van der Waals surface area contributed by atoms with Gasteiger partial charge in [-0.05, 0) is 37.4 Å². The molecule has 0 unspecified atom stereocenters. The molecule has 1 amide bonds. The Morgan fingerprint density at radius 2 is 1.85 bits per heavy atom. The highest BCUT2D eigenvalue weighted by molar-refractivity contribution is 5.83. The van der Waals surface area contributed by atoms with E-state index >= 15 is 0 Å². The molecule has 140 valence electrons. The van der Waals surface area contributed by atoms with Crippen LogP contribution in [0.1, 0.15) is 28.9 Å². The molecule has 1 heterocycles. The minimum Gasteiger partial charge on any atom is -0.347 e. The Hall–Kier alpha value is -3.06. The predicted molar refractivity (Wildman–Crippen MR) is 98.2 cm³/mol. The molecule has 0 saturated carbocycles. The van der Waals surface area contributed by atoms with Crippen molar-refractivity contribution in [2.75, 3.05) is 14.1 Å². The zero-order valence-corrected chi connectivity index (χ0v) is 15.2. The molecule has 0 aliphatic rings. The van der Waals surface area contributed by atoms with Crippen molar-refractivity contribution in [3.63, 3.8) is 0 Å². The minimum atomic E-state index is -0.540. The first-order valence-corrected chi connectivity index (χ1v) is 8.58. The number of likely N-dealkylation sites (N-methyl/N-ethyl adjacent to an activating group) is 1. The first kappa shape index (κ1) is 18.7. The lowest BCUT2D eigenvalue weighted by molar-refractivity contribution is -0.126. The van der Waals surface area contributed by atoms with Gasteiger partial charge in [-0.3, -0.25) is 9.69 Å². The largest absolute Gasteiger partial charge is 0.347 e. The van der Waals surface area contributed by atoms with E-state index in [-0.39, 0.29) is 18.3 Å². The Bertz CT molecular complexity index is 879. The summed E-state index contributed by atoms with van der Waals surface area (Å²) in [5.74, 6) is 0.342. The summed E-state index contributed by atoms with van der Waals surface area (Å²) < 4.78 is 18.4. The number of amides is 1. The summed E-state index contributed by atoms with van der Waals surface area (Å²) in [6.07, 6.45) is 0.539. The molecule has 0 spiro atoms. The van der Waals surface area contributed by atoms with Crippen molar-refractivity contribution < 1.29 is 13.7 Å². The second-order valence-corrected chi connectivity index (χ2v) is 6.40. The third-order valence-corrected chi connectivity index (χ3v) is 4.08. The first-order valence-electron chi connectivity index (χ1n) is 8.58. The monoisotopic (exact) mass is 368 g/mol. The summed E-state index contributed by atoms with van der Waals surface area (Å²) in [6.45, 7) is 0.155. The van der Waals surface area contributed by atoms with E-state index in [4.69, 9.17) is 4.52 Å². The van der Waals surface area contributed by atoms with E-state index in [1.807, 2.05) is 30.3 Å². The number of carbonyl (C=O) groups excluding carboxylic acids is 1. The van der Waals surface area contributed by atoms with Gasteiger partial charge in [0, 0.05) is 0 Å². The lowest BCUT2D eigenvalue weighted by atomic mass is 10.1. The molecular weight excluding hydrogens is 347 g/mol. The van der Waals surface area contributed by atoms with E-state index in [0.29, 0.717) is 23.7 Å². The quantitative estimate of drug-likeness (QED) is 0.694. The number of nitrogens with zero attached hydrogens (tertiary/aromatic N) is 3. The van der Waals surface area contributed by atoms with Gasteiger partial charge in [0.25, 0.3) is 0 Å². The van der Waals surface area contributed by atoms with Crippen LogP contribution in [0.15, 0.2) is 59.1 Å². The Kier molecular flexibility index (Phi) is 5.93. The van der Waals surface area contributed by atoms with Crippen LogP contribution in [-0.4, -0.2) is 35.0 Å². The molecular formula is C20H21FN4O2. The molecule has 7 heteroatoms. The van der Waals surface area contributed by atoms with E-state index in [1.54, 1.807) is 31.1 Å². The molecule has 0 bridgehead atoms. The van der Waals surface area contributed by atoms with Crippen LogP contribution in [0.4, 0.5) is 4.39 Å². The van der Waals surface area contributed by atoms with Crippen LogP contribution < -0.4 is 5.32 Å². The van der Waals surface area contributed by atoms with Gasteiger partial charge in [-0.1, -0.05) is 47.6 Å². The zero-order chi connectivity index (χ0) is 19.2. The van der Waals surface area contributed by atoms with E-state index in [1.165, 1.54) is 12.1 Å². The number of carbonyl (C=O) groups is 1. The van der Waals surface area contributed by atoms with Gasteiger partial charge in [-0.15, -0.1) is 0 Å². The van der Waals surface area contributed by atoms with Gasteiger partial charge in [0.1, 0.15) is 11.9 Å². The number of benzene rings is 2. The van der Waals surface area contributed by atoms with Gasteiger partial charge >= 0.3 is 0 Å². The number of nitrogens with one attached hydrogen (secondary N) is 1. The third-order valence-electron chi connectivity index (χ3n) is 4.08. The zero-order valence-electron chi connectivity index (χ0n) is 15.2. The molecule has 0 radical (unpaired) electrons. The van der Waals surface area contributed by atoms with Crippen LogP contribution >= 0.6 is 0 Å². The van der Waals surface area contributed by atoms with Crippen molar-refractivity contribution in [2.45, 2.75) is 19.0 Å². The maximum absolute atomic E-state index is 13.1. The molecule has 0 fully saturated rings. The molecule has 3 aromatic rings. The van der Waals surface area contributed by atoms with Gasteiger partial charge in [0.05, 0.1) is 13.0 Å². The van der Waals surface area contributed by atoms with Crippen LogP contribution in [-0.2, 0) is 17.8 Å². The Morgan fingerprint density at radius 1 is 1.15 bits per heavy atom. The van der Waals surface area contributed by atoms with Crippen LogP contribution in [0.3, 0.4) is 0 Å². The molecule has 1 atom stereocenters. The topological polar surface area (TPSA) is 71.3 Å². The molecule has 27 heavy (non-hydrogen) atoms. The fourth-order valence-electron chi connectivity index (χ4n) is 2.80. The number of hydrogen-bond donors (Lipinski definition) is 1. The lowest BCUT2D eigenvalue weighted by Gasteiger charge is -2.23. The van der Waals surface area contributed by atoms with Crippen molar-refractivity contribution in [3.05, 3.63) is 83.3 Å². The van der Waals surface area contributed by atoms with Crippen LogP contribution in [0.2, 0.25) is 0 Å². The molecule has 0 saturated heterocycles. The SMILES string of the molecule is CN(C)[C@@H](C(=O)NCc1noc(Cc2ccccc2)n1)c1ccc(F)cc1. The second kappa shape index (κ2) is 8.55. The molecule has 3 rings (SSSR count). The Balaban J connectivity index is 1.61. The maximum Gasteiger partial charge on any atom is 0.242 e. The third kappa shape index (κ3) is 4.98. The summed E-state index contributed by atoms with van der Waals surface area (Å²) in [4.78, 5) is 18.7. The van der Waals surface area contributed by atoms with Gasteiger partial charge in [-0.2, -0.15) is 4.98 Å². The molecule has 2 aromatic carbocycles. The normalized spacial score (nSPS) is 12.1. The Labute approximate surface area is 157 Å². The molecule has 1 aromatic heterocycles. The molecule has 6 nitrogen and oxygen atoms in total. The number of halogens is 1. The van der Waals surface area contributed by atoms with E-state index in [2.05, 4.69) is 15.5 Å². The van der Waals surface area contributed by atoms with Crippen molar-refractivity contribution in [1.82, 2.24) is 20.4 Å².